The average molecular weight is 422 g/mol. The third-order valence-electron chi connectivity index (χ3n) is 5.94. The van der Waals surface area contributed by atoms with Gasteiger partial charge in [-0.15, -0.1) is 0 Å². The van der Waals surface area contributed by atoms with Gasteiger partial charge in [0.05, 0.1) is 22.5 Å². The van der Waals surface area contributed by atoms with Gasteiger partial charge in [-0.3, -0.25) is 14.7 Å². The smallest absolute Gasteiger partial charge is 0.255 e. The molecule has 2 aliphatic heterocycles. The van der Waals surface area contributed by atoms with E-state index in [9.17, 15) is 4.79 Å². The number of H-pyrrole nitrogens is 1. The van der Waals surface area contributed by atoms with Crippen molar-refractivity contribution >= 4 is 28.2 Å². The van der Waals surface area contributed by atoms with Gasteiger partial charge >= 0.3 is 0 Å². The first-order valence-corrected chi connectivity index (χ1v) is 10.9. The van der Waals surface area contributed by atoms with Crippen LogP contribution in [0.3, 0.4) is 0 Å². The molecule has 0 aliphatic carbocycles. The predicted octanol–water partition coefficient (Wildman–Crippen LogP) is 3.81. The first-order valence-electron chi connectivity index (χ1n) is 10.5. The maximum Gasteiger partial charge on any atom is 0.255 e. The Morgan fingerprint density at radius 3 is 2.90 bits per heavy atom. The Balaban J connectivity index is 1.39. The Morgan fingerprint density at radius 1 is 1.17 bits per heavy atom. The van der Waals surface area contributed by atoms with E-state index in [1.54, 1.807) is 0 Å². The summed E-state index contributed by atoms with van der Waals surface area (Å²) in [6, 6.07) is 8.30. The molecule has 0 amide bonds. The molecule has 0 saturated carbocycles. The number of fused-ring (bicyclic) bond motifs is 2. The van der Waals surface area contributed by atoms with Crippen molar-refractivity contribution in [2.45, 2.75) is 45.7 Å². The Bertz CT molecular complexity index is 1220. The minimum Gasteiger partial charge on any atom is -0.305 e. The number of aryl methyl sites for hydroxylation is 1. The molecular formula is C23H24ClN5O. The van der Waals surface area contributed by atoms with E-state index in [0.717, 1.165) is 77.8 Å². The summed E-state index contributed by atoms with van der Waals surface area (Å²) in [6.07, 6.45) is 3.85. The summed E-state index contributed by atoms with van der Waals surface area (Å²) in [7, 11) is 0. The van der Waals surface area contributed by atoms with E-state index in [-0.39, 0.29) is 5.56 Å². The SMILES string of the molecule is Cc1ccc2cc(CN3CCc4nc(C5=NCCCC5)[nH]c(=O)c4C3)c(Cl)nc2c1. The van der Waals surface area contributed by atoms with Crippen LogP contribution in [0.2, 0.25) is 5.15 Å². The van der Waals surface area contributed by atoms with Crippen molar-refractivity contribution in [2.24, 2.45) is 4.99 Å². The van der Waals surface area contributed by atoms with Crippen LogP contribution >= 0.6 is 11.6 Å². The fraction of sp³-hybridized carbons (Fsp3) is 0.391. The van der Waals surface area contributed by atoms with Gasteiger partial charge in [0.1, 0.15) is 5.15 Å². The van der Waals surface area contributed by atoms with Crippen LogP contribution in [-0.4, -0.2) is 38.7 Å². The molecule has 154 valence electrons. The van der Waals surface area contributed by atoms with Crippen LogP contribution in [0.1, 0.15) is 47.5 Å². The molecule has 1 aromatic carbocycles. The summed E-state index contributed by atoms with van der Waals surface area (Å²) < 4.78 is 0. The number of hydrogen-bond donors (Lipinski definition) is 1. The lowest BCUT2D eigenvalue weighted by Crippen LogP contribution is -2.36. The van der Waals surface area contributed by atoms with Crippen LogP contribution in [0.25, 0.3) is 10.9 Å². The number of nitrogens with zero attached hydrogens (tertiary/aromatic N) is 4. The van der Waals surface area contributed by atoms with Gasteiger partial charge in [0.2, 0.25) is 0 Å². The van der Waals surface area contributed by atoms with E-state index >= 15 is 0 Å². The second kappa shape index (κ2) is 7.93. The molecule has 3 aromatic rings. The third kappa shape index (κ3) is 3.77. The number of nitrogens with one attached hydrogen (secondary N) is 1. The Hall–Kier alpha value is -2.57. The van der Waals surface area contributed by atoms with Gasteiger partial charge < -0.3 is 4.98 Å². The molecule has 2 aliphatic rings. The lowest BCUT2D eigenvalue weighted by atomic mass is 10.0. The topological polar surface area (TPSA) is 74.2 Å². The van der Waals surface area contributed by atoms with Gasteiger partial charge in [-0.25, -0.2) is 9.97 Å². The van der Waals surface area contributed by atoms with Crippen molar-refractivity contribution in [2.75, 3.05) is 13.1 Å². The second-order valence-electron chi connectivity index (χ2n) is 8.22. The molecule has 7 heteroatoms. The van der Waals surface area contributed by atoms with E-state index < -0.39 is 0 Å². The van der Waals surface area contributed by atoms with Crippen LogP contribution in [-0.2, 0) is 19.5 Å². The van der Waals surface area contributed by atoms with Crippen molar-refractivity contribution in [3.63, 3.8) is 0 Å². The number of rotatable bonds is 3. The lowest BCUT2D eigenvalue weighted by Gasteiger charge is -2.28. The molecule has 0 radical (unpaired) electrons. The predicted molar refractivity (Wildman–Crippen MR) is 119 cm³/mol. The van der Waals surface area contributed by atoms with Gasteiger partial charge in [-0.1, -0.05) is 23.7 Å². The molecule has 0 bridgehead atoms. The Kier molecular flexibility index (Phi) is 5.13. The third-order valence-corrected chi connectivity index (χ3v) is 6.27. The molecular weight excluding hydrogens is 398 g/mol. The maximum atomic E-state index is 12.8. The first kappa shape index (κ1) is 19.4. The molecule has 0 atom stereocenters. The van der Waals surface area contributed by atoms with Gasteiger partial charge in [0, 0.05) is 43.5 Å². The average Bonchev–Trinajstić information content (AvgIpc) is 2.75. The fourth-order valence-corrected chi connectivity index (χ4v) is 4.50. The van der Waals surface area contributed by atoms with E-state index in [2.05, 4.69) is 38.1 Å². The first-order chi connectivity index (χ1) is 14.6. The van der Waals surface area contributed by atoms with Crippen LogP contribution in [0.15, 0.2) is 34.1 Å². The minimum absolute atomic E-state index is 0.0498. The van der Waals surface area contributed by atoms with E-state index in [1.807, 2.05) is 13.0 Å². The maximum absolute atomic E-state index is 12.8. The van der Waals surface area contributed by atoms with Crippen molar-refractivity contribution in [1.29, 1.82) is 0 Å². The fourth-order valence-electron chi connectivity index (χ4n) is 4.29. The van der Waals surface area contributed by atoms with Gasteiger partial charge in [0.15, 0.2) is 5.82 Å². The molecule has 1 N–H and O–H groups in total. The number of hydrogen-bond acceptors (Lipinski definition) is 5. The minimum atomic E-state index is -0.0498. The molecule has 0 fully saturated rings. The summed E-state index contributed by atoms with van der Waals surface area (Å²) in [6.45, 7) is 4.92. The van der Waals surface area contributed by atoms with Crippen LogP contribution in [0, 0.1) is 6.92 Å². The standard InChI is InChI=1S/C23H24ClN5O/c1-14-5-6-15-11-16(21(24)26-20(15)10-14)12-29-9-7-18-17(13-29)23(30)28-22(27-18)19-4-2-3-8-25-19/h5-6,10-11H,2-4,7-9,12-13H2,1H3,(H,27,28,30). The second-order valence-corrected chi connectivity index (χ2v) is 8.58. The summed E-state index contributed by atoms with van der Waals surface area (Å²) >= 11 is 6.48. The highest BCUT2D eigenvalue weighted by Crippen LogP contribution is 2.25. The highest BCUT2D eigenvalue weighted by atomic mass is 35.5. The molecule has 2 aromatic heterocycles. The lowest BCUT2D eigenvalue weighted by molar-refractivity contribution is 0.241. The zero-order chi connectivity index (χ0) is 20.7. The van der Waals surface area contributed by atoms with E-state index in [0.29, 0.717) is 24.1 Å². The molecule has 30 heavy (non-hydrogen) atoms. The van der Waals surface area contributed by atoms with Crippen LogP contribution in [0.5, 0.6) is 0 Å². The summed E-state index contributed by atoms with van der Waals surface area (Å²) in [5, 5.41) is 1.60. The number of benzene rings is 1. The van der Waals surface area contributed by atoms with Crippen LogP contribution in [0.4, 0.5) is 0 Å². The largest absolute Gasteiger partial charge is 0.305 e. The monoisotopic (exact) mass is 421 g/mol. The van der Waals surface area contributed by atoms with Crippen molar-refractivity contribution in [3.05, 3.63) is 68.0 Å². The highest BCUT2D eigenvalue weighted by Gasteiger charge is 2.23. The summed E-state index contributed by atoms with van der Waals surface area (Å²) in [4.78, 5) is 31.9. The molecule has 5 rings (SSSR count). The van der Waals surface area contributed by atoms with Gasteiger partial charge in [-0.2, -0.15) is 0 Å². The van der Waals surface area contributed by atoms with Crippen molar-refractivity contribution < 1.29 is 0 Å². The molecule has 0 spiro atoms. The van der Waals surface area contributed by atoms with Crippen molar-refractivity contribution in [3.8, 4) is 0 Å². The number of aromatic amines is 1. The molecule has 0 saturated heterocycles. The summed E-state index contributed by atoms with van der Waals surface area (Å²) in [5.41, 5.74) is 5.59. The normalized spacial score (nSPS) is 17.1. The Labute approximate surface area is 180 Å². The number of aliphatic imine (C=N–C) groups is 1. The van der Waals surface area contributed by atoms with E-state index in [4.69, 9.17) is 16.6 Å². The molecule has 6 nitrogen and oxygen atoms in total. The highest BCUT2D eigenvalue weighted by molar-refractivity contribution is 6.30. The summed E-state index contributed by atoms with van der Waals surface area (Å²) in [5.74, 6) is 0.656. The quantitative estimate of drug-likeness (QED) is 0.652. The van der Waals surface area contributed by atoms with Crippen LogP contribution < -0.4 is 5.56 Å². The number of pyridine rings is 1. The molecule has 4 heterocycles. The zero-order valence-corrected chi connectivity index (χ0v) is 17.8. The zero-order valence-electron chi connectivity index (χ0n) is 17.0. The molecule has 0 unspecified atom stereocenters. The number of halogens is 1. The van der Waals surface area contributed by atoms with Gasteiger partial charge in [0.25, 0.3) is 5.56 Å². The Morgan fingerprint density at radius 2 is 2.07 bits per heavy atom. The number of aromatic nitrogens is 3. The van der Waals surface area contributed by atoms with Gasteiger partial charge in [-0.05, 0) is 43.9 Å². The van der Waals surface area contributed by atoms with E-state index in [1.165, 1.54) is 0 Å². The van der Waals surface area contributed by atoms with Crippen molar-refractivity contribution in [1.82, 2.24) is 19.9 Å².